The van der Waals surface area contributed by atoms with Crippen molar-refractivity contribution in [1.82, 2.24) is 0 Å². The topological polar surface area (TPSA) is 72.8 Å². The van der Waals surface area contributed by atoms with Crippen LogP contribution in [-0.4, -0.2) is 26.2 Å². The molecule has 0 spiro atoms. The van der Waals surface area contributed by atoms with Gasteiger partial charge in [0.15, 0.2) is 0 Å². The van der Waals surface area contributed by atoms with E-state index in [1.54, 1.807) is 0 Å². The lowest BCUT2D eigenvalue weighted by atomic mass is 10.3. The molecule has 1 N–H and O–H groups in total. The Morgan fingerprint density at radius 1 is 0.913 bits per heavy atom. The third-order valence-corrected chi connectivity index (χ3v) is 5.78. The Labute approximate surface area is 175 Å². The molecule has 5 nitrogen and oxygen atoms in total. The second-order valence-electron chi connectivity index (χ2n) is 4.34. The van der Waals surface area contributed by atoms with Crippen molar-refractivity contribution in [3.63, 3.8) is 0 Å². The summed E-state index contributed by atoms with van der Waals surface area (Å²) in [6.07, 6.45) is 0. The van der Waals surface area contributed by atoms with Crippen LogP contribution in [0, 0.1) is 10.7 Å². The van der Waals surface area contributed by atoms with Crippen LogP contribution in [0.25, 0.3) is 0 Å². The van der Waals surface area contributed by atoms with E-state index in [0.717, 1.165) is 16.5 Å². The molecule has 0 amide bonds. The zero-order valence-corrected chi connectivity index (χ0v) is 18.8. The maximum absolute atomic E-state index is 10.9. The van der Waals surface area contributed by atoms with Crippen molar-refractivity contribution >= 4 is 77.9 Å². The van der Waals surface area contributed by atoms with Crippen LogP contribution in [0.5, 0.6) is 11.5 Å². The zero-order chi connectivity index (χ0) is 17.0. The largest absolute Gasteiger partial charge is 0.490 e. The van der Waals surface area contributed by atoms with Gasteiger partial charge in [0.05, 0.1) is 12.0 Å². The number of halogens is 3. The molecule has 0 fully saturated rings. The molecule has 0 aliphatic heterocycles. The SMILES string of the molecule is O=S(=O)(O)c1ccc(OCCOc2c(I)cc(I)cc2I)cc1. The lowest BCUT2D eigenvalue weighted by Crippen LogP contribution is -2.10. The van der Waals surface area contributed by atoms with Gasteiger partial charge >= 0.3 is 0 Å². The predicted molar refractivity (Wildman–Crippen MR) is 112 cm³/mol. The minimum Gasteiger partial charge on any atom is -0.490 e. The summed E-state index contributed by atoms with van der Waals surface area (Å²) in [6, 6.07) is 9.62. The summed E-state index contributed by atoms with van der Waals surface area (Å²) in [6.45, 7) is 0.690. The van der Waals surface area contributed by atoms with Gasteiger partial charge in [0.25, 0.3) is 10.1 Å². The molecule has 2 aromatic carbocycles. The van der Waals surface area contributed by atoms with E-state index in [1.165, 1.54) is 24.3 Å². The highest BCUT2D eigenvalue weighted by Gasteiger charge is 2.10. The maximum atomic E-state index is 10.9. The van der Waals surface area contributed by atoms with Crippen molar-refractivity contribution in [2.24, 2.45) is 0 Å². The summed E-state index contributed by atoms with van der Waals surface area (Å²) < 4.78 is 45.2. The summed E-state index contributed by atoms with van der Waals surface area (Å²) in [5, 5.41) is 0. The van der Waals surface area contributed by atoms with E-state index in [-0.39, 0.29) is 4.90 Å². The molecule has 124 valence electrons. The summed E-state index contributed by atoms with van der Waals surface area (Å²) in [5.74, 6) is 1.34. The number of hydrogen-bond donors (Lipinski definition) is 1. The van der Waals surface area contributed by atoms with Crippen molar-refractivity contribution in [2.45, 2.75) is 4.90 Å². The molecule has 0 aromatic heterocycles. The highest BCUT2D eigenvalue weighted by molar-refractivity contribution is 14.1. The average molecular weight is 672 g/mol. The van der Waals surface area contributed by atoms with Crippen molar-refractivity contribution in [1.29, 1.82) is 0 Å². The van der Waals surface area contributed by atoms with Crippen LogP contribution in [0.1, 0.15) is 0 Å². The van der Waals surface area contributed by atoms with Gasteiger partial charge < -0.3 is 9.47 Å². The number of benzene rings is 2. The number of hydrogen-bond acceptors (Lipinski definition) is 4. The zero-order valence-electron chi connectivity index (χ0n) is 11.5. The summed E-state index contributed by atoms with van der Waals surface area (Å²) in [5.41, 5.74) is 0. The Kier molecular flexibility index (Phi) is 7.18. The van der Waals surface area contributed by atoms with Gasteiger partial charge in [0.2, 0.25) is 0 Å². The molecule has 0 aliphatic carbocycles. The molecule has 0 radical (unpaired) electrons. The maximum Gasteiger partial charge on any atom is 0.294 e. The highest BCUT2D eigenvalue weighted by Crippen LogP contribution is 2.29. The van der Waals surface area contributed by atoms with Crippen molar-refractivity contribution in [3.05, 3.63) is 47.1 Å². The summed E-state index contributed by atoms with van der Waals surface area (Å²) in [7, 11) is -4.18. The molecule has 9 heteroatoms. The lowest BCUT2D eigenvalue weighted by Gasteiger charge is -2.12. The van der Waals surface area contributed by atoms with E-state index in [1.807, 2.05) is 12.1 Å². The molecule has 0 heterocycles. The average Bonchev–Trinajstić information content (AvgIpc) is 2.45. The molecular formula is C14H11I3O5S. The molecule has 23 heavy (non-hydrogen) atoms. The first-order chi connectivity index (χ1) is 10.8. The van der Waals surface area contributed by atoms with Crippen LogP contribution in [0.3, 0.4) is 0 Å². The van der Waals surface area contributed by atoms with E-state index in [0.29, 0.717) is 19.0 Å². The fraction of sp³-hybridized carbons (Fsp3) is 0.143. The molecule has 0 saturated heterocycles. The van der Waals surface area contributed by atoms with E-state index >= 15 is 0 Å². The van der Waals surface area contributed by atoms with Gasteiger partial charge in [0, 0.05) is 3.57 Å². The Bertz CT molecular complexity index is 768. The second-order valence-corrected chi connectivity index (χ2v) is 9.33. The molecule has 0 aliphatic rings. The van der Waals surface area contributed by atoms with E-state index in [2.05, 4.69) is 67.8 Å². The van der Waals surface area contributed by atoms with E-state index in [4.69, 9.17) is 14.0 Å². The van der Waals surface area contributed by atoms with Crippen molar-refractivity contribution < 1.29 is 22.4 Å². The second kappa shape index (κ2) is 8.49. The first-order valence-corrected chi connectivity index (χ1v) is 10.9. The first kappa shape index (κ1) is 19.5. The Morgan fingerprint density at radius 2 is 1.43 bits per heavy atom. The molecule has 0 bridgehead atoms. The standard InChI is InChI=1S/C14H11I3O5S/c15-9-7-12(16)14(13(17)8-9)22-6-5-21-10-1-3-11(4-2-10)23(18,19)20/h1-4,7-8H,5-6H2,(H,18,19,20). The molecule has 0 unspecified atom stereocenters. The van der Waals surface area contributed by atoms with Gasteiger partial charge in [0.1, 0.15) is 24.7 Å². The predicted octanol–water partition coefficient (Wildman–Crippen LogP) is 4.20. The van der Waals surface area contributed by atoms with Crippen LogP contribution in [0.15, 0.2) is 41.3 Å². The van der Waals surface area contributed by atoms with Crippen LogP contribution in [0.4, 0.5) is 0 Å². The fourth-order valence-corrected chi connectivity index (χ4v) is 6.05. The highest BCUT2D eigenvalue weighted by atomic mass is 127. The van der Waals surface area contributed by atoms with Gasteiger partial charge in [-0.05, 0) is 104 Å². The normalized spacial score (nSPS) is 11.3. The van der Waals surface area contributed by atoms with Gasteiger partial charge in [-0.15, -0.1) is 0 Å². The van der Waals surface area contributed by atoms with Gasteiger partial charge in [-0.25, -0.2) is 0 Å². The van der Waals surface area contributed by atoms with E-state index < -0.39 is 10.1 Å². The molecule has 0 saturated carbocycles. The number of rotatable bonds is 6. The number of ether oxygens (including phenoxy) is 2. The van der Waals surface area contributed by atoms with Crippen LogP contribution in [-0.2, 0) is 10.1 Å². The quantitative estimate of drug-likeness (QED) is 0.283. The van der Waals surface area contributed by atoms with Gasteiger partial charge in [-0.3, -0.25) is 4.55 Å². The van der Waals surface area contributed by atoms with Crippen LogP contribution >= 0.6 is 67.8 Å². The molecular weight excluding hydrogens is 661 g/mol. The first-order valence-electron chi connectivity index (χ1n) is 6.25. The lowest BCUT2D eigenvalue weighted by molar-refractivity contribution is 0.215. The minimum atomic E-state index is -4.18. The molecule has 0 atom stereocenters. The fourth-order valence-electron chi connectivity index (χ4n) is 1.68. The molecule has 2 aromatic rings. The van der Waals surface area contributed by atoms with Gasteiger partial charge in [-0.1, -0.05) is 0 Å². The summed E-state index contributed by atoms with van der Waals surface area (Å²) >= 11 is 6.72. The van der Waals surface area contributed by atoms with Crippen LogP contribution < -0.4 is 9.47 Å². The van der Waals surface area contributed by atoms with Crippen molar-refractivity contribution in [3.8, 4) is 11.5 Å². The van der Waals surface area contributed by atoms with E-state index in [9.17, 15) is 8.42 Å². The Balaban J connectivity index is 1.89. The molecule has 2 rings (SSSR count). The monoisotopic (exact) mass is 672 g/mol. The Morgan fingerprint density at radius 3 is 1.96 bits per heavy atom. The minimum absolute atomic E-state index is 0.163. The van der Waals surface area contributed by atoms with Crippen LogP contribution in [0.2, 0.25) is 0 Å². The summed E-state index contributed by atoms with van der Waals surface area (Å²) in [4.78, 5) is -0.163. The van der Waals surface area contributed by atoms with Crippen molar-refractivity contribution in [2.75, 3.05) is 13.2 Å². The Hall–Kier alpha value is 0.140. The smallest absolute Gasteiger partial charge is 0.294 e. The van der Waals surface area contributed by atoms with Gasteiger partial charge in [-0.2, -0.15) is 8.42 Å². The third kappa shape index (κ3) is 5.86. The third-order valence-electron chi connectivity index (χ3n) is 2.68.